The van der Waals surface area contributed by atoms with Crippen LogP contribution in [0.4, 0.5) is 0 Å². The van der Waals surface area contributed by atoms with Gasteiger partial charge in [-0.15, -0.1) is 0 Å². The zero-order valence-electron chi connectivity index (χ0n) is 23.7. The Balaban J connectivity index is 1.40. The lowest BCUT2D eigenvalue weighted by Crippen LogP contribution is -2.25. The molecule has 2 N–H and O–H groups in total. The normalized spacial score (nSPS) is 24.6. The highest BCUT2D eigenvalue weighted by Crippen LogP contribution is 2.31. The van der Waals surface area contributed by atoms with Gasteiger partial charge in [-0.2, -0.15) is 0 Å². The Labute approximate surface area is 244 Å². The smallest absolute Gasteiger partial charge is 0.115 e. The second kappa shape index (κ2) is 17.4. The summed E-state index contributed by atoms with van der Waals surface area (Å²) in [5.41, 5.74) is 3.48. The first kappa shape index (κ1) is 32.9. The number of phenols is 1. The average molecular weight is 589 g/mol. The number of phenolic OH excluding ortho intramolecular Hbond substituents is 1. The fourth-order valence-electron chi connectivity index (χ4n) is 5.12. The summed E-state index contributed by atoms with van der Waals surface area (Å²) in [6.45, 7) is 9.26. The second-order valence-electron chi connectivity index (χ2n) is 11.0. The van der Waals surface area contributed by atoms with E-state index >= 15 is 0 Å². The van der Waals surface area contributed by atoms with E-state index in [9.17, 15) is 10.2 Å². The molecule has 2 heterocycles. The van der Waals surface area contributed by atoms with Crippen LogP contribution < -0.4 is 0 Å². The number of benzene rings is 1. The molecular formula is C32H46O6P2. The molecule has 2 aliphatic heterocycles. The van der Waals surface area contributed by atoms with Crippen LogP contribution in [0.15, 0.2) is 84.5 Å². The lowest BCUT2D eigenvalue weighted by molar-refractivity contribution is -0.00719. The van der Waals surface area contributed by atoms with Gasteiger partial charge >= 0.3 is 0 Å². The van der Waals surface area contributed by atoms with Gasteiger partial charge in [0, 0.05) is 18.9 Å². The van der Waals surface area contributed by atoms with E-state index in [1.54, 1.807) is 12.1 Å². The van der Waals surface area contributed by atoms with Crippen molar-refractivity contribution in [3.05, 3.63) is 90.1 Å². The number of ether oxygens (including phenoxy) is 2. The fourth-order valence-corrected chi connectivity index (χ4v) is 5.58. The van der Waals surface area contributed by atoms with E-state index in [0.717, 1.165) is 36.8 Å². The number of hydrogen-bond donors (Lipinski definition) is 2. The summed E-state index contributed by atoms with van der Waals surface area (Å²) in [6, 6.07) is 7.20. The van der Waals surface area contributed by atoms with Crippen LogP contribution in [0.1, 0.15) is 64.0 Å². The summed E-state index contributed by atoms with van der Waals surface area (Å²) < 4.78 is 23.1. The van der Waals surface area contributed by atoms with Crippen LogP contribution in [-0.4, -0.2) is 47.3 Å². The summed E-state index contributed by atoms with van der Waals surface area (Å²) in [7, 11) is 4.59. The predicted molar refractivity (Wildman–Crippen MR) is 168 cm³/mol. The van der Waals surface area contributed by atoms with Crippen molar-refractivity contribution in [1.82, 2.24) is 0 Å². The molecule has 8 heteroatoms. The molecule has 3 unspecified atom stereocenters. The highest BCUT2D eigenvalue weighted by atomic mass is 31.0. The summed E-state index contributed by atoms with van der Waals surface area (Å²) in [5, 5.41) is 20.2. The van der Waals surface area contributed by atoms with Crippen LogP contribution in [0.25, 0.3) is 0 Å². The van der Waals surface area contributed by atoms with Gasteiger partial charge in [0.25, 0.3) is 0 Å². The first-order valence-electron chi connectivity index (χ1n) is 14.1. The third-order valence-electron chi connectivity index (χ3n) is 7.28. The largest absolute Gasteiger partial charge is 0.508 e. The Morgan fingerprint density at radius 2 is 1.95 bits per heavy atom. The first-order chi connectivity index (χ1) is 19.3. The minimum absolute atomic E-state index is 0.0144. The highest BCUT2D eigenvalue weighted by molar-refractivity contribution is 7.10. The lowest BCUT2D eigenvalue weighted by atomic mass is 9.91. The standard InChI is InChI=1S/C32H46O6P2/c1-22-16-17-35-27(19-22)14-15-32(38-40)30(34)8-4-7-29(37-39)21-24(3)18-23(2)20-28-6-5-9-31(36-28)25-10-12-26(33)13-11-25/h4-5,7,9-16,23,27-34H,3,6,8,17-21,39-40H2,1-2H3/b7-4+,15-14+/t23-,27+,28-,29?,30+,31-,32-/m0/s1. The zero-order chi connectivity index (χ0) is 28.9. The molecule has 2 aliphatic rings. The van der Waals surface area contributed by atoms with Gasteiger partial charge in [0.05, 0.1) is 31.0 Å². The SMILES string of the molecule is C=C(CC(/C=C/C[C@@H](O)[C@H](/C=C/[C@@H]1CC(C)=CCO1)OP)OP)C[C@H](C)C[C@@H]1CC=C[C@@H](c2ccc(O)cc2)O1. The Kier molecular flexibility index (Phi) is 14.3. The molecule has 0 bridgehead atoms. The molecule has 220 valence electrons. The molecule has 6 nitrogen and oxygen atoms in total. The maximum absolute atomic E-state index is 10.7. The molecule has 0 radical (unpaired) electrons. The van der Waals surface area contributed by atoms with Gasteiger partial charge < -0.3 is 28.7 Å². The highest BCUT2D eigenvalue weighted by Gasteiger charge is 2.22. The number of aliphatic hydroxyl groups excluding tert-OH is 1. The van der Waals surface area contributed by atoms with Crippen LogP contribution in [0, 0.1) is 5.92 Å². The molecule has 0 aromatic heterocycles. The van der Waals surface area contributed by atoms with E-state index in [1.165, 1.54) is 5.57 Å². The number of aromatic hydroxyl groups is 1. The molecule has 0 saturated carbocycles. The van der Waals surface area contributed by atoms with Crippen molar-refractivity contribution >= 4 is 18.9 Å². The Bertz CT molecular complexity index is 1030. The third kappa shape index (κ3) is 11.3. The minimum Gasteiger partial charge on any atom is -0.508 e. The molecule has 9 atom stereocenters. The maximum Gasteiger partial charge on any atom is 0.115 e. The van der Waals surface area contributed by atoms with Crippen LogP contribution in [0.5, 0.6) is 5.75 Å². The molecule has 3 rings (SSSR count). The molecule has 1 aromatic rings. The van der Waals surface area contributed by atoms with Crippen molar-refractivity contribution in [3.8, 4) is 5.75 Å². The number of rotatable bonds is 15. The van der Waals surface area contributed by atoms with E-state index < -0.39 is 12.2 Å². The molecular weight excluding hydrogens is 542 g/mol. The van der Waals surface area contributed by atoms with Gasteiger partial charge in [-0.25, -0.2) is 0 Å². The molecule has 1 aromatic carbocycles. The molecule has 40 heavy (non-hydrogen) atoms. The van der Waals surface area contributed by atoms with Gasteiger partial charge in [-0.05, 0) is 69.1 Å². The van der Waals surface area contributed by atoms with Crippen LogP contribution in [0.2, 0.25) is 0 Å². The van der Waals surface area contributed by atoms with Crippen molar-refractivity contribution in [2.45, 2.75) is 89.0 Å². The van der Waals surface area contributed by atoms with Crippen LogP contribution in [-0.2, 0) is 18.5 Å². The summed E-state index contributed by atoms with van der Waals surface area (Å²) in [6.07, 6.45) is 17.7. The van der Waals surface area contributed by atoms with Crippen LogP contribution >= 0.6 is 18.9 Å². The first-order valence-corrected chi connectivity index (χ1v) is 15.0. The van der Waals surface area contributed by atoms with Gasteiger partial charge in [-0.3, -0.25) is 0 Å². The zero-order valence-corrected chi connectivity index (χ0v) is 26.0. The van der Waals surface area contributed by atoms with E-state index in [2.05, 4.69) is 57.6 Å². The van der Waals surface area contributed by atoms with Gasteiger partial charge in [0.1, 0.15) is 18.0 Å². The molecule has 0 saturated heterocycles. The molecule has 0 fully saturated rings. The molecule has 0 aliphatic carbocycles. The van der Waals surface area contributed by atoms with Gasteiger partial charge in [0.15, 0.2) is 0 Å². The van der Waals surface area contributed by atoms with E-state index in [0.29, 0.717) is 25.4 Å². The topological polar surface area (TPSA) is 77.4 Å². The quantitative estimate of drug-likeness (QED) is 0.168. The summed E-state index contributed by atoms with van der Waals surface area (Å²) >= 11 is 0. The second-order valence-corrected chi connectivity index (χ2v) is 11.5. The van der Waals surface area contributed by atoms with Crippen molar-refractivity contribution in [1.29, 1.82) is 0 Å². The fraction of sp³-hybridized carbons (Fsp3) is 0.500. The van der Waals surface area contributed by atoms with Crippen molar-refractivity contribution in [2.75, 3.05) is 6.61 Å². The molecule has 0 spiro atoms. The Morgan fingerprint density at radius 3 is 2.65 bits per heavy atom. The Hall–Kier alpha value is -1.62. The Morgan fingerprint density at radius 1 is 1.18 bits per heavy atom. The van der Waals surface area contributed by atoms with E-state index in [1.807, 2.05) is 36.4 Å². The van der Waals surface area contributed by atoms with Crippen molar-refractivity contribution < 1.29 is 28.7 Å². The minimum atomic E-state index is -0.687. The molecule has 0 amide bonds. The van der Waals surface area contributed by atoms with Gasteiger partial charge in [0.2, 0.25) is 0 Å². The number of aliphatic hydroxyl groups is 1. The maximum atomic E-state index is 10.7. The summed E-state index contributed by atoms with van der Waals surface area (Å²) in [5.74, 6) is 0.675. The third-order valence-corrected chi connectivity index (χ3v) is 7.95. The van der Waals surface area contributed by atoms with Crippen LogP contribution in [0.3, 0.4) is 0 Å². The monoisotopic (exact) mass is 588 g/mol. The van der Waals surface area contributed by atoms with Gasteiger partial charge in [-0.1, -0.05) is 79.3 Å². The number of hydrogen-bond acceptors (Lipinski definition) is 6. The van der Waals surface area contributed by atoms with E-state index in [-0.39, 0.29) is 30.2 Å². The average Bonchev–Trinajstić information content (AvgIpc) is 2.93. The van der Waals surface area contributed by atoms with Crippen molar-refractivity contribution in [2.24, 2.45) is 5.92 Å². The summed E-state index contributed by atoms with van der Waals surface area (Å²) in [4.78, 5) is 0. The van der Waals surface area contributed by atoms with E-state index in [4.69, 9.17) is 18.5 Å². The van der Waals surface area contributed by atoms with Crippen molar-refractivity contribution in [3.63, 3.8) is 0 Å². The lowest BCUT2D eigenvalue weighted by Gasteiger charge is -2.28. The predicted octanol–water partition coefficient (Wildman–Crippen LogP) is 7.09.